The molecule has 1 aliphatic rings. The molecule has 0 unspecified atom stereocenters. The second-order valence-electron chi connectivity index (χ2n) is 8.15. The first-order valence-corrected chi connectivity index (χ1v) is 10.8. The van der Waals surface area contributed by atoms with E-state index in [0.29, 0.717) is 0 Å². The van der Waals surface area contributed by atoms with Crippen molar-refractivity contribution in [2.75, 3.05) is 0 Å². The molecule has 0 amide bonds. The number of hydrogen-bond donors (Lipinski definition) is 0. The van der Waals surface area contributed by atoms with Gasteiger partial charge in [0.05, 0.1) is 5.41 Å². The van der Waals surface area contributed by atoms with Crippen molar-refractivity contribution in [1.29, 1.82) is 0 Å². The Hall–Kier alpha value is -3.90. The smallest absolute Gasteiger partial charge is 0.0622 e. The molecule has 31 heavy (non-hydrogen) atoms. The molecule has 5 aromatic carbocycles. The highest BCUT2D eigenvalue weighted by Gasteiger charge is 2.45. The van der Waals surface area contributed by atoms with Crippen molar-refractivity contribution < 1.29 is 0 Å². The highest BCUT2D eigenvalue weighted by molar-refractivity contribution is 5.88. The molecule has 0 bridgehead atoms. The quantitative estimate of drug-likeness (QED) is 0.288. The predicted molar refractivity (Wildman–Crippen MR) is 129 cm³/mol. The zero-order valence-electron chi connectivity index (χ0n) is 17.2. The van der Waals surface area contributed by atoms with Crippen molar-refractivity contribution in [3.63, 3.8) is 0 Å². The van der Waals surface area contributed by atoms with E-state index in [9.17, 15) is 0 Å². The van der Waals surface area contributed by atoms with Crippen molar-refractivity contribution in [3.05, 3.63) is 156 Å². The van der Waals surface area contributed by atoms with Gasteiger partial charge in [-0.1, -0.05) is 127 Å². The Morgan fingerprint density at radius 1 is 0.355 bits per heavy atom. The van der Waals surface area contributed by atoms with Gasteiger partial charge < -0.3 is 0 Å². The van der Waals surface area contributed by atoms with E-state index < -0.39 is 0 Å². The van der Waals surface area contributed by atoms with Gasteiger partial charge in [0.15, 0.2) is 0 Å². The minimum Gasteiger partial charge on any atom is -0.0622 e. The summed E-state index contributed by atoms with van der Waals surface area (Å²) in [5.74, 6) is 0. The Balaban J connectivity index is 1.72. The summed E-state index contributed by atoms with van der Waals surface area (Å²) in [5.41, 5.74) is 10.2. The van der Waals surface area contributed by atoms with Crippen LogP contribution in [0.25, 0.3) is 22.3 Å². The summed E-state index contributed by atoms with van der Waals surface area (Å²) in [7, 11) is 0. The molecular formula is C31H22. The molecule has 0 nitrogen and oxygen atoms in total. The van der Waals surface area contributed by atoms with Crippen molar-refractivity contribution in [3.8, 4) is 22.3 Å². The van der Waals surface area contributed by atoms with Crippen LogP contribution in [0.5, 0.6) is 0 Å². The van der Waals surface area contributed by atoms with Crippen molar-refractivity contribution in [1.82, 2.24) is 0 Å². The summed E-state index contributed by atoms with van der Waals surface area (Å²) in [5, 5.41) is 0. The number of fused-ring (bicyclic) bond motifs is 3. The molecule has 146 valence electrons. The van der Waals surface area contributed by atoms with Crippen LogP contribution in [-0.4, -0.2) is 0 Å². The fraction of sp³-hybridized carbons (Fsp3) is 0.0323. The van der Waals surface area contributed by atoms with Crippen LogP contribution in [0.2, 0.25) is 0 Å². The fourth-order valence-corrected chi connectivity index (χ4v) is 5.26. The zero-order chi connectivity index (χ0) is 20.7. The lowest BCUT2D eigenvalue weighted by Gasteiger charge is -2.33. The molecule has 0 spiro atoms. The van der Waals surface area contributed by atoms with E-state index in [-0.39, 0.29) is 5.41 Å². The summed E-state index contributed by atoms with van der Waals surface area (Å²) in [4.78, 5) is 0. The normalized spacial score (nSPS) is 13.4. The van der Waals surface area contributed by atoms with Gasteiger partial charge in [0.1, 0.15) is 0 Å². The van der Waals surface area contributed by atoms with Crippen molar-refractivity contribution >= 4 is 0 Å². The Labute approximate surface area is 183 Å². The first-order chi connectivity index (χ1) is 15.4. The summed E-state index contributed by atoms with van der Waals surface area (Å²) >= 11 is 0. The predicted octanol–water partition coefficient (Wildman–Crippen LogP) is 7.72. The van der Waals surface area contributed by atoms with Gasteiger partial charge in [-0.05, 0) is 50.6 Å². The second-order valence-corrected chi connectivity index (χ2v) is 8.15. The number of rotatable bonds is 3. The maximum atomic E-state index is 2.37. The van der Waals surface area contributed by atoms with Gasteiger partial charge in [-0.25, -0.2) is 0 Å². The van der Waals surface area contributed by atoms with E-state index in [2.05, 4.69) is 133 Å². The van der Waals surface area contributed by atoms with E-state index in [1.165, 1.54) is 44.5 Å². The lowest BCUT2D eigenvalue weighted by Crippen LogP contribution is -2.28. The fourth-order valence-electron chi connectivity index (χ4n) is 5.26. The monoisotopic (exact) mass is 394 g/mol. The van der Waals surface area contributed by atoms with Gasteiger partial charge in [0.2, 0.25) is 0 Å². The van der Waals surface area contributed by atoms with Crippen molar-refractivity contribution in [2.45, 2.75) is 5.41 Å². The van der Waals surface area contributed by atoms with Gasteiger partial charge in [0, 0.05) is 0 Å². The Bertz CT molecular complexity index is 1310. The molecule has 0 fully saturated rings. The van der Waals surface area contributed by atoms with Crippen molar-refractivity contribution in [2.24, 2.45) is 0 Å². The molecule has 0 heteroatoms. The lowest BCUT2D eigenvalue weighted by molar-refractivity contribution is 0.768. The summed E-state index contributed by atoms with van der Waals surface area (Å²) in [6.45, 7) is 0. The van der Waals surface area contributed by atoms with Crippen LogP contribution in [-0.2, 0) is 5.41 Å². The van der Waals surface area contributed by atoms with Crippen LogP contribution in [0.15, 0.2) is 133 Å². The van der Waals surface area contributed by atoms with Gasteiger partial charge in [-0.2, -0.15) is 0 Å². The van der Waals surface area contributed by atoms with E-state index in [1.54, 1.807) is 0 Å². The topological polar surface area (TPSA) is 0 Å². The first kappa shape index (κ1) is 17.9. The SMILES string of the molecule is c1ccc(-c2ccc3c(c2)-c2ccccc2C3(c2ccccc2)c2ccccc2)cc1. The average Bonchev–Trinajstić information content (AvgIpc) is 3.16. The van der Waals surface area contributed by atoms with E-state index in [4.69, 9.17) is 0 Å². The van der Waals surface area contributed by atoms with Gasteiger partial charge in [-0.15, -0.1) is 0 Å². The molecule has 0 N–H and O–H groups in total. The maximum absolute atomic E-state index is 2.37. The zero-order valence-corrected chi connectivity index (χ0v) is 17.2. The third kappa shape index (κ3) is 2.62. The summed E-state index contributed by atoms with van der Waals surface area (Å²) in [6.07, 6.45) is 0. The standard InChI is InChI=1S/C31H22/c1-4-12-23(13-5-1)24-20-21-30-28(22-24)27-18-10-11-19-29(27)31(30,25-14-6-2-7-15-25)26-16-8-3-9-17-26/h1-22H. The average molecular weight is 395 g/mol. The maximum Gasteiger partial charge on any atom is 0.0713 e. The van der Waals surface area contributed by atoms with Crippen LogP contribution in [0, 0.1) is 0 Å². The van der Waals surface area contributed by atoms with Crippen LogP contribution < -0.4 is 0 Å². The summed E-state index contributed by atoms with van der Waals surface area (Å²) < 4.78 is 0. The van der Waals surface area contributed by atoms with Crippen LogP contribution in [0.1, 0.15) is 22.3 Å². The molecule has 0 saturated carbocycles. The van der Waals surface area contributed by atoms with Crippen LogP contribution in [0.3, 0.4) is 0 Å². The number of benzene rings is 5. The Kier molecular flexibility index (Phi) is 4.11. The Morgan fingerprint density at radius 2 is 0.871 bits per heavy atom. The molecular weight excluding hydrogens is 372 g/mol. The van der Waals surface area contributed by atoms with Gasteiger partial charge in [-0.3, -0.25) is 0 Å². The van der Waals surface area contributed by atoms with E-state index in [1.807, 2.05) is 0 Å². The third-order valence-corrected chi connectivity index (χ3v) is 6.57. The first-order valence-electron chi connectivity index (χ1n) is 10.8. The molecule has 6 rings (SSSR count). The molecule has 0 aliphatic heterocycles. The largest absolute Gasteiger partial charge is 0.0713 e. The highest BCUT2D eigenvalue weighted by atomic mass is 14.5. The molecule has 0 aromatic heterocycles. The Morgan fingerprint density at radius 3 is 1.52 bits per heavy atom. The lowest BCUT2D eigenvalue weighted by atomic mass is 9.67. The summed E-state index contributed by atoms with van der Waals surface area (Å²) in [6, 6.07) is 48.4. The van der Waals surface area contributed by atoms with Crippen LogP contribution >= 0.6 is 0 Å². The molecule has 5 aromatic rings. The molecule has 1 aliphatic carbocycles. The van der Waals surface area contributed by atoms with Gasteiger partial charge >= 0.3 is 0 Å². The third-order valence-electron chi connectivity index (χ3n) is 6.57. The minimum absolute atomic E-state index is 0.316. The van der Waals surface area contributed by atoms with Crippen LogP contribution in [0.4, 0.5) is 0 Å². The van der Waals surface area contributed by atoms with E-state index >= 15 is 0 Å². The second kappa shape index (κ2) is 7.11. The number of hydrogen-bond acceptors (Lipinski definition) is 0. The molecule has 0 heterocycles. The minimum atomic E-state index is -0.316. The molecule has 0 saturated heterocycles. The molecule has 0 atom stereocenters. The van der Waals surface area contributed by atoms with Gasteiger partial charge in [0.25, 0.3) is 0 Å². The molecule has 0 radical (unpaired) electrons. The highest BCUT2D eigenvalue weighted by Crippen LogP contribution is 2.56. The van der Waals surface area contributed by atoms with E-state index in [0.717, 1.165) is 0 Å².